The first-order valence-electron chi connectivity index (χ1n) is 9.52. The van der Waals surface area contributed by atoms with Crippen LogP contribution in [0.4, 0.5) is 0 Å². The number of esters is 4. The molecule has 2 aromatic rings. The molecule has 0 unspecified atom stereocenters. The van der Waals surface area contributed by atoms with E-state index in [0.29, 0.717) is 12.2 Å². The molecular weight excluding hydrogens is 408 g/mol. The van der Waals surface area contributed by atoms with Crippen molar-refractivity contribution in [3.63, 3.8) is 0 Å². The molecule has 0 aliphatic carbocycles. The third kappa shape index (κ3) is 10.3. The van der Waals surface area contributed by atoms with E-state index in [4.69, 9.17) is 0 Å². The van der Waals surface area contributed by atoms with Gasteiger partial charge in [0.15, 0.2) is 0 Å². The van der Waals surface area contributed by atoms with Crippen LogP contribution in [-0.2, 0) is 28.7 Å². The van der Waals surface area contributed by atoms with Crippen LogP contribution in [0.2, 0.25) is 0 Å². The molecule has 0 aliphatic rings. The molecule has 0 saturated carbocycles. The van der Waals surface area contributed by atoms with Crippen LogP contribution in [0.15, 0.2) is 109 Å². The highest BCUT2D eigenvalue weighted by Gasteiger charge is 2.07. The summed E-state index contributed by atoms with van der Waals surface area (Å²) in [5.74, 6) is -3.96. The predicted molar refractivity (Wildman–Crippen MR) is 121 cm³/mol. The Morgan fingerprint density at radius 2 is 0.812 bits per heavy atom. The first kappa shape index (κ1) is 23.7. The number of carbonyl (C=O) groups is 4. The van der Waals surface area contributed by atoms with Crippen molar-refractivity contribution in [3.05, 3.63) is 120 Å². The molecule has 2 rings (SSSR count). The quantitative estimate of drug-likeness (QED) is 0.271. The molecule has 0 atom stereocenters. The fourth-order valence-corrected chi connectivity index (χ4v) is 2.20. The van der Waals surface area contributed by atoms with E-state index in [1.807, 2.05) is 60.7 Å². The summed E-state index contributed by atoms with van der Waals surface area (Å²) in [5, 5.41) is 0. The van der Waals surface area contributed by atoms with Crippen LogP contribution in [0.1, 0.15) is 11.1 Å². The SMILES string of the molecule is O=C(C=CC=Cc1ccccc1)OC(=O)/C=C\C(=O)OC(=O)C=CC=Cc1ccccc1. The number of hydrogen-bond acceptors (Lipinski definition) is 6. The Morgan fingerprint density at radius 1 is 0.469 bits per heavy atom. The number of ether oxygens (including phenoxy) is 2. The molecule has 0 aromatic heterocycles. The van der Waals surface area contributed by atoms with Crippen molar-refractivity contribution in [1.29, 1.82) is 0 Å². The number of rotatable bonds is 8. The van der Waals surface area contributed by atoms with Crippen molar-refractivity contribution < 1.29 is 28.7 Å². The highest BCUT2D eigenvalue weighted by Crippen LogP contribution is 2.02. The van der Waals surface area contributed by atoms with Crippen molar-refractivity contribution in [2.75, 3.05) is 0 Å². The van der Waals surface area contributed by atoms with Crippen molar-refractivity contribution in [1.82, 2.24) is 0 Å². The van der Waals surface area contributed by atoms with Gasteiger partial charge in [-0.3, -0.25) is 0 Å². The first-order valence-corrected chi connectivity index (χ1v) is 9.52. The molecule has 0 fully saturated rings. The predicted octanol–water partition coefficient (Wildman–Crippen LogP) is 4.22. The van der Waals surface area contributed by atoms with Gasteiger partial charge in [-0.15, -0.1) is 0 Å². The van der Waals surface area contributed by atoms with Gasteiger partial charge in [-0.05, 0) is 11.1 Å². The van der Waals surface area contributed by atoms with Crippen molar-refractivity contribution in [2.45, 2.75) is 0 Å². The summed E-state index contributed by atoms with van der Waals surface area (Å²) in [6.07, 6.45) is 13.1. The summed E-state index contributed by atoms with van der Waals surface area (Å²) < 4.78 is 8.96. The molecular formula is C26H20O6. The average Bonchev–Trinajstić information content (AvgIpc) is 2.79. The summed E-state index contributed by atoms with van der Waals surface area (Å²) in [4.78, 5) is 46.2. The van der Waals surface area contributed by atoms with Crippen LogP contribution in [0.3, 0.4) is 0 Å². The third-order valence-electron chi connectivity index (χ3n) is 3.62. The maximum Gasteiger partial charge on any atom is 0.338 e. The molecule has 0 spiro atoms. The summed E-state index contributed by atoms with van der Waals surface area (Å²) in [6, 6.07) is 18.8. The molecule has 6 nitrogen and oxygen atoms in total. The molecule has 2 aromatic carbocycles. The van der Waals surface area contributed by atoms with Gasteiger partial charge >= 0.3 is 23.9 Å². The van der Waals surface area contributed by atoms with Crippen molar-refractivity contribution in [2.24, 2.45) is 0 Å². The third-order valence-corrected chi connectivity index (χ3v) is 3.62. The van der Waals surface area contributed by atoms with Crippen molar-refractivity contribution >= 4 is 36.0 Å². The molecule has 0 saturated heterocycles. The topological polar surface area (TPSA) is 86.7 Å². The normalized spacial score (nSPS) is 11.6. The monoisotopic (exact) mass is 428 g/mol. The average molecular weight is 428 g/mol. The second kappa shape index (κ2) is 13.6. The van der Waals surface area contributed by atoms with Gasteiger partial charge in [0.25, 0.3) is 0 Å². The zero-order valence-corrected chi connectivity index (χ0v) is 17.0. The van der Waals surface area contributed by atoms with E-state index in [0.717, 1.165) is 23.3 Å². The summed E-state index contributed by atoms with van der Waals surface area (Å²) >= 11 is 0. The Balaban J connectivity index is 1.71. The zero-order chi connectivity index (χ0) is 23.0. The van der Waals surface area contributed by atoms with E-state index in [9.17, 15) is 19.2 Å². The minimum absolute atomic E-state index is 0.695. The molecule has 0 heterocycles. The standard InChI is InChI=1S/C26H20O6/c27-23(17-9-7-15-21-11-3-1-4-12-21)31-25(29)19-20-26(30)32-24(28)18-10-8-16-22-13-5-2-6-14-22/h1-20H/b15-7?,16-8?,17-9?,18-10?,20-19-. The van der Waals surface area contributed by atoms with Crippen LogP contribution in [0, 0.1) is 0 Å². The number of benzene rings is 2. The van der Waals surface area contributed by atoms with Crippen molar-refractivity contribution in [3.8, 4) is 0 Å². The minimum atomic E-state index is -1.07. The largest absolute Gasteiger partial charge is 0.387 e. The fraction of sp³-hybridized carbons (Fsp3) is 0. The maximum absolute atomic E-state index is 11.6. The fourth-order valence-electron chi connectivity index (χ4n) is 2.20. The lowest BCUT2D eigenvalue weighted by atomic mass is 10.2. The van der Waals surface area contributed by atoms with E-state index < -0.39 is 23.9 Å². The Bertz CT molecular complexity index is 986. The van der Waals surface area contributed by atoms with E-state index in [-0.39, 0.29) is 0 Å². The molecule has 0 N–H and O–H groups in total. The lowest BCUT2D eigenvalue weighted by Gasteiger charge is -1.95. The second-order valence-electron chi connectivity index (χ2n) is 6.07. The number of hydrogen-bond donors (Lipinski definition) is 0. The molecule has 160 valence electrons. The number of allylic oxidation sites excluding steroid dienone is 4. The van der Waals surface area contributed by atoms with E-state index in [1.54, 1.807) is 24.3 Å². The van der Waals surface area contributed by atoms with Gasteiger partial charge < -0.3 is 9.47 Å². The van der Waals surface area contributed by atoms with E-state index in [1.165, 1.54) is 12.2 Å². The zero-order valence-electron chi connectivity index (χ0n) is 17.0. The summed E-state index contributed by atoms with van der Waals surface area (Å²) in [5.41, 5.74) is 1.89. The molecule has 0 amide bonds. The molecule has 0 radical (unpaired) electrons. The highest BCUT2D eigenvalue weighted by molar-refractivity contribution is 6.02. The van der Waals surface area contributed by atoms with E-state index in [2.05, 4.69) is 9.47 Å². The smallest absolute Gasteiger partial charge is 0.338 e. The van der Waals surface area contributed by atoms with Gasteiger partial charge in [0.1, 0.15) is 0 Å². The Kier molecular flexibility index (Phi) is 10.1. The Hall–Kier alpha value is -4.58. The van der Waals surface area contributed by atoms with Crippen LogP contribution in [0.25, 0.3) is 12.2 Å². The lowest BCUT2D eigenvalue weighted by molar-refractivity contribution is -0.155. The lowest BCUT2D eigenvalue weighted by Crippen LogP contribution is -2.10. The Morgan fingerprint density at radius 3 is 1.19 bits per heavy atom. The summed E-state index contributed by atoms with van der Waals surface area (Å²) in [6.45, 7) is 0. The molecule has 6 heteroatoms. The van der Waals surface area contributed by atoms with Gasteiger partial charge in [-0.25, -0.2) is 19.2 Å². The van der Waals surface area contributed by atoms with Gasteiger partial charge in [0, 0.05) is 24.3 Å². The molecule has 0 aliphatic heterocycles. The van der Waals surface area contributed by atoms with Crippen LogP contribution < -0.4 is 0 Å². The minimum Gasteiger partial charge on any atom is -0.387 e. The van der Waals surface area contributed by atoms with Crippen LogP contribution in [-0.4, -0.2) is 23.9 Å². The van der Waals surface area contributed by atoms with E-state index >= 15 is 0 Å². The molecule has 32 heavy (non-hydrogen) atoms. The molecule has 0 bridgehead atoms. The maximum atomic E-state index is 11.6. The highest BCUT2D eigenvalue weighted by atomic mass is 16.6. The van der Waals surface area contributed by atoms with Crippen LogP contribution in [0.5, 0.6) is 0 Å². The van der Waals surface area contributed by atoms with Gasteiger partial charge in [-0.1, -0.05) is 97.1 Å². The second-order valence-corrected chi connectivity index (χ2v) is 6.07. The number of carbonyl (C=O) groups excluding carboxylic acids is 4. The summed E-state index contributed by atoms with van der Waals surface area (Å²) in [7, 11) is 0. The first-order chi connectivity index (χ1) is 15.5. The van der Waals surface area contributed by atoms with Gasteiger partial charge in [0.05, 0.1) is 0 Å². The van der Waals surface area contributed by atoms with Crippen LogP contribution >= 0.6 is 0 Å². The Labute approximate surface area is 185 Å². The van der Waals surface area contributed by atoms with Gasteiger partial charge in [0.2, 0.25) is 0 Å². The van der Waals surface area contributed by atoms with Gasteiger partial charge in [-0.2, -0.15) is 0 Å².